The number of rotatable bonds is 12. The number of nitrogens with zero attached hydrogens (tertiary/aromatic N) is 5. The lowest BCUT2D eigenvalue weighted by Crippen LogP contribution is -2.54. The molecule has 19 heteroatoms. The molecule has 3 fully saturated rings. The summed E-state index contributed by atoms with van der Waals surface area (Å²) in [6.45, 7) is 13.6. The van der Waals surface area contributed by atoms with E-state index < -0.39 is 41.9 Å². The molecule has 73 heavy (non-hydrogen) atoms. The molecule has 2 aromatic carbocycles. The van der Waals surface area contributed by atoms with E-state index in [2.05, 4.69) is 57.2 Å². The van der Waals surface area contributed by atoms with Crippen molar-refractivity contribution in [3.8, 4) is 39.5 Å². The lowest BCUT2D eigenvalue weighted by Gasteiger charge is -2.40. The number of carbonyl (C=O) groups is 4. The summed E-state index contributed by atoms with van der Waals surface area (Å²) in [5.41, 5.74) is 4.18. The highest BCUT2D eigenvalue weighted by atomic mass is 32.1. The van der Waals surface area contributed by atoms with Crippen LogP contribution in [0, 0.1) is 17.7 Å². The van der Waals surface area contributed by atoms with Gasteiger partial charge < -0.3 is 49.3 Å². The number of methoxy groups -OCH3 is 2. The second kappa shape index (κ2) is 19.9. The van der Waals surface area contributed by atoms with E-state index in [0.717, 1.165) is 39.9 Å². The lowest BCUT2D eigenvalue weighted by atomic mass is 9.82. The van der Waals surface area contributed by atoms with E-state index in [9.17, 15) is 19.2 Å². The first kappa shape index (κ1) is 49.8. The molecule has 4 aliphatic rings. The fourth-order valence-electron chi connectivity index (χ4n) is 11.2. The largest absolute Gasteiger partial charge is 0.464 e. The molecule has 17 nitrogen and oxygen atoms in total. The van der Waals surface area contributed by atoms with Gasteiger partial charge in [-0.05, 0) is 113 Å². The Labute approximate surface area is 427 Å². The Morgan fingerprint density at radius 1 is 0.822 bits per heavy atom. The molecule has 10 rings (SSSR count). The van der Waals surface area contributed by atoms with Crippen LogP contribution in [0.1, 0.15) is 126 Å². The van der Waals surface area contributed by atoms with Gasteiger partial charge in [-0.1, -0.05) is 33.8 Å². The monoisotopic (exact) mass is 1020 g/mol. The fraction of sp³-hybridized carbons (Fsp3) is 0.481. The van der Waals surface area contributed by atoms with Crippen LogP contribution in [0.5, 0.6) is 5.75 Å². The van der Waals surface area contributed by atoms with Gasteiger partial charge in [0.1, 0.15) is 35.3 Å². The van der Waals surface area contributed by atoms with Crippen molar-refractivity contribution in [2.75, 3.05) is 33.9 Å². The van der Waals surface area contributed by atoms with Crippen molar-refractivity contribution in [3.05, 3.63) is 88.1 Å². The maximum atomic E-state index is 17.0. The van der Waals surface area contributed by atoms with Crippen LogP contribution in [0.3, 0.4) is 0 Å². The molecule has 6 aromatic rings. The van der Waals surface area contributed by atoms with E-state index in [1.165, 1.54) is 25.2 Å². The highest BCUT2D eigenvalue weighted by molar-refractivity contribution is 7.12. The van der Waals surface area contributed by atoms with Gasteiger partial charge in [-0.3, -0.25) is 14.2 Å². The molecule has 3 saturated heterocycles. The molecule has 0 aliphatic carbocycles. The predicted molar refractivity (Wildman–Crippen MR) is 273 cm³/mol. The number of ether oxygens (including phenoxy) is 4. The molecule has 4 amide bonds. The van der Waals surface area contributed by atoms with Crippen molar-refractivity contribution in [1.82, 2.24) is 44.9 Å². The van der Waals surface area contributed by atoms with E-state index in [4.69, 9.17) is 28.9 Å². The Kier molecular flexibility index (Phi) is 13.6. The summed E-state index contributed by atoms with van der Waals surface area (Å²) in [7, 11) is 2.57. The Morgan fingerprint density at radius 3 is 2.11 bits per heavy atom. The van der Waals surface area contributed by atoms with Gasteiger partial charge in [0.2, 0.25) is 18.0 Å². The van der Waals surface area contributed by atoms with E-state index in [1.807, 2.05) is 56.9 Å². The van der Waals surface area contributed by atoms with Crippen LogP contribution in [-0.2, 0) is 23.8 Å². The summed E-state index contributed by atoms with van der Waals surface area (Å²) >= 11 is 1.67. The maximum Gasteiger partial charge on any atom is 0.407 e. The predicted octanol–water partition coefficient (Wildman–Crippen LogP) is 9.99. The highest BCUT2D eigenvalue weighted by Crippen LogP contribution is 2.49. The number of nitrogens with one attached hydrogen (secondary N) is 4. The van der Waals surface area contributed by atoms with E-state index in [1.54, 1.807) is 28.6 Å². The van der Waals surface area contributed by atoms with Crippen molar-refractivity contribution < 1.29 is 42.5 Å². The third kappa shape index (κ3) is 9.57. The van der Waals surface area contributed by atoms with Gasteiger partial charge in [-0.25, -0.2) is 23.9 Å². The first-order valence-corrected chi connectivity index (χ1v) is 26.1. The van der Waals surface area contributed by atoms with Crippen LogP contribution in [0.25, 0.3) is 44.7 Å². The standard InChI is InChI=1S/C54H64FN9O8S/c1-28(2)42-15-16-43(73-42)51-64-37-14-13-30(35-26-56-47(58-35)39-12-10-19-63(39)50(66)46(61-53(68)70-8)31-17-20-71-54(5,6)25-31)21-33(37)23-40(64)44-34(55)22-32(24-41(44)72-51)36-27-57-48(59-36)38-11-9-18-62(38)49(65)45(29(3)4)60-52(67)69-7/h13-16,21-24,26-29,31,38-39,45-46,51H,9-12,17-20,25H2,1-8H3,(H,56,58)(H,57,59)(H,60,67)(H,61,68)/t31?,38-,39-,45-,46?,51?/m0/s1. The van der Waals surface area contributed by atoms with Gasteiger partial charge in [-0.15, -0.1) is 11.3 Å². The minimum Gasteiger partial charge on any atom is -0.464 e. The number of fused-ring (bicyclic) bond motifs is 5. The smallest absolute Gasteiger partial charge is 0.407 e. The number of alkyl carbamates (subject to hydrolysis) is 2. The van der Waals surface area contributed by atoms with Gasteiger partial charge in [0.05, 0.1) is 77.3 Å². The first-order valence-electron chi connectivity index (χ1n) is 25.3. The van der Waals surface area contributed by atoms with Crippen LogP contribution in [0.4, 0.5) is 14.0 Å². The van der Waals surface area contributed by atoms with Crippen molar-refractivity contribution >= 4 is 46.2 Å². The molecule has 0 spiro atoms. The third-order valence-electron chi connectivity index (χ3n) is 14.9. The van der Waals surface area contributed by atoms with Gasteiger partial charge in [-0.2, -0.15) is 0 Å². The van der Waals surface area contributed by atoms with E-state index >= 15 is 4.39 Å². The van der Waals surface area contributed by atoms with Crippen molar-refractivity contribution in [2.24, 2.45) is 11.8 Å². The van der Waals surface area contributed by atoms with Gasteiger partial charge in [0, 0.05) is 41.1 Å². The normalized spacial score (nSPS) is 21.2. The van der Waals surface area contributed by atoms with Crippen molar-refractivity contribution in [2.45, 2.75) is 122 Å². The molecule has 6 atom stereocenters. The van der Waals surface area contributed by atoms with Crippen LogP contribution >= 0.6 is 11.3 Å². The quantitative estimate of drug-likeness (QED) is 0.0915. The van der Waals surface area contributed by atoms with Gasteiger partial charge in [0.15, 0.2) is 0 Å². The number of hydrogen-bond acceptors (Lipinski definition) is 11. The topological polar surface area (TPSA) is 198 Å². The number of carbonyl (C=O) groups excluding carboxylic acids is 4. The molecule has 0 radical (unpaired) electrons. The number of benzene rings is 2. The molecule has 386 valence electrons. The number of aromatic amines is 2. The number of imidazole rings is 2. The number of halogens is 1. The number of thiophene rings is 1. The zero-order valence-corrected chi connectivity index (χ0v) is 43.4. The summed E-state index contributed by atoms with van der Waals surface area (Å²) in [5.74, 6) is 0.760. The zero-order valence-electron chi connectivity index (χ0n) is 42.5. The maximum absolute atomic E-state index is 17.0. The number of aromatic nitrogens is 5. The van der Waals surface area contributed by atoms with E-state index in [-0.39, 0.29) is 35.7 Å². The van der Waals surface area contributed by atoms with Crippen molar-refractivity contribution in [3.63, 3.8) is 0 Å². The molecule has 4 aromatic heterocycles. The number of amides is 4. The lowest BCUT2D eigenvalue weighted by molar-refractivity contribution is -0.139. The molecule has 4 aliphatic heterocycles. The van der Waals surface area contributed by atoms with Crippen LogP contribution < -0.4 is 15.4 Å². The second-order valence-corrected chi connectivity index (χ2v) is 22.1. The number of H-pyrrole nitrogens is 2. The summed E-state index contributed by atoms with van der Waals surface area (Å²) in [5, 5.41) is 6.42. The Hall–Kier alpha value is -6.73. The fourth-order valence-corrected chi connectivity index (χ4v) is 12.3. The molecule has 3 unspecified atom stereocenters. The zero-order chi connectivity index (χ0) is 51.5. The summed E-state index contributed by atoms with van der Waals surface area (Å²) in [6.07, 6.45) is 5.70. The van der Waals surface area contributed by atoms with E-state index in [0.29, 0.717) is 91.2 Å². The Morgan fingerprint density at radius 2 is 1.48 bits per heavy atom. The van der Waals surface area contributed by atoms with Gasteiger partial charge in [0.25, 0.3) is 0 Å². The molecular weight excluding hydrogens is 954 g/mol. The third-order valence-corrected chi connectivity index (χ3v) is 16.3. The molecular formula is C54H64FN9O8S. The SMILES string of the molecule is COC(=O)NC(C(=O)N1CCC[C@H]1c1ncc(-c2ccc3c(c2)cc2n3C(c3ccc(C(C)C)s3)Oc3cc(-c4cnc([C@@H]5CCCN5C(=O)[C@@H](NC(=O)OC)C(C)C)[nH]4)cc(F)c3-2)[nH]1)C1CCOC(C)(C)C1. The summed E-state index contributed by atoms with van der Waals surface area (Å²) in [6, 6.07) is 13.4. The molecule has 8 heterocycles. The first-order chi connectivity index (χ1) is 35.0. The molecule has 0 bridgehead atoms. The minimum absolute atomic E-state index is 0.130. The average molecular weight is 1020 g/mol. The summed E-state index contributed by atoms with van der Waals surface area (Å²) < 4.78 is 41.7. The number of hydrogen-bond donors (Lipinski definition) is 4. The number of likely N-dealkylation sites (tertiary alicyclic amines) is 2. The molecule has 0 saturated carbocycles. The minimum atomic E-state index is -0.776. The molecule has 4 N–H and O–H groups in total. The Balaban J connectivity index is 0.953. The highest BCUT2D eigenvalue weighted by Gasteiger charge is 2.43. The van der Waals surface area contributed by atoms with Gasteiger partial charge >= 0.3 is 12.2 Å². The van der Waals surface area contributed by atoms with Crippen LogP contribution in [0.2, 0.25) is 0 Å². The van der Waals surface area contributed by atoms with Crippen molar-refractivity contribution in [1.29, 1.82) is 0 Å². The Bertz CT molecular complexity index is 3060. The van der Waals surface area contributed by atoms with Crippen LogP contribution in [0.15, 0.2) is 60.9 Å². The summed E-state index contributed by atoms with van der Waals surface area (Å²) in [4.78, 5) is 75.3. The second-order valence-electron chi connectivity index (χ2n) is 20.9. The van der Waals surface area contributed by atoms with Crippen LogP contribution in [-0.4, -0.2) is 110 Å². The average Bonchev–Trinajstić information content (AvgIpc) is 4.23.